The van der Waals surface area contributed by atoms with Gasteiger partial charge in [-0.1, -0.05) is 188 Å². The Morgan fingerprint density at radius 2 is 0.681 bits per heavy atom. The highest BCUT2D eigenvalue weighted by Gasteiger charge is 2.52. The third-order valence-electron chi connectivity index (χ3n) is 15.7. The second-order valence-electron chi connectivity index (χ2n) is 18.9. The van der Waals surface area contributed by atoms with Crippen LogP contribution in [0.2, 0.25) is 0 Å². The Morgan fingerprint density at radius 3 is 1.30 bits per heavy atom. The van der Waals surface area contributed by atoms with Gasteiger partial charge in [-0.25, -0.2) is 0 Å². The largest absolute Gasteiger partial charge is 0.456 e. The number of furan rings is 2. The predicted molar refractivity (Wildman–Crippen MR) is 286 cm³/mol. The van der Waals surface area contributed by atoms with Crippen molar-refractivity contribution in [3.8, 4) is 55.6 Å². The van der Waals surface area contributed by atoms with Gasteiger partial charge in [0.15, 0.2) is 0 Å². The van der Waals surface area contributed by atoms with Gasteiger partial charge in [-0.3, -0.25) is 0 Å². The minimum Gasteiger partial charge on any atom is -0.456 e. The van der Waals surface area contributed by atoms with Crippen LogP contribution >= 0.6 is 0 Å². The standard InChI is InChI=1S/C67H38O2/c1-2-15-44-39(14-1)30-33-59-65(44)66-51(24-13-27-58(66)67(59)56-25-7-3-16-45(56)46-17-4-8-26-57(46)67)64-49-22-11-20-42(40-31-34-62-54(36-40)47-18-5-9-28-60(47)68-62)52(49)38-53-43(21-12-23-50(53)64)41-32-35-63-55(37-41)48-19-6-10-29-61(48)69-63/h1-38H. The summed E-state index contributed by atoms with van der Waals surface area (Å²) in [5.74, 6) is 0. The Kier molecular flexibility index (Phi) is 7.30. The van der Waals surface area contributed by atoms with Crippen molar-refractivity contribution in [2.24, 2.45) is 0 Å². The summed E-state index contributed by atoms with van der Waals surface area (Å²) in [6.45, 7) is 0. The van der Waals surface area contributed by atoms with Crippen molar-refractivity contribution in [3.63, 3.8) is 0 Å². The van der Waals surface area contributed by atoms with Crippen LogP contribution in [0.4, 0.5) is 0 Å². The van der Waals surface area contributed by atoms with Gasteiger partial charge in [-0.2, -0.15) is 0 Å². The highest BCUT2D eigenvalue weighted by atomic mass is 16.3. The van der Waals surface area contributed by atoms with Crippen molar-refractivity contribution in [2.45, 2.75) is 5.41 Å². The summed E-state index contributed by atoms with van der Waals surface area (Å²) in [7, 11) is 0. The van der Waals surface area contributed by atoms with Gasteiger partial charge >= 0.3 is 0 Å². The fourth-order valence-corrected chi connectivity index (χ4v) is 12.9. The van der Waals surface area contributed by atoms with Gasteiger partial charge in [-0.15, -0.1) is 0 Å². The molecule has 0 saturated heterocycles. The van der Waals surface area contributed by atoms with E-state index in [2.05, 4.69) is 218 Å². The number of benzene rings is 12. The summed E-state index contributed by atoms with van der Waals surface area (Å²) in [4.78, 5) is 0. The summed E-state index contributed by atoms with van der Waals surface area (Å²) < 4.78 is 12.7. The average molecular weight is 875 g/mol. The lowest BCUT2D eigenvalue weighted by molar-refractivity contribution is 0.668. The molecule has 0 atom stereocenters. The van der Waals surface area contributed by atoms with Gasteiger partial charge in [0.25, 0.3) is 0 Å². The first-order chi connectivity index (χ1) is 34.2. The Bertz CT molecular complexity index is 4340. The van der Waals surface area contributed by atoms with Crippen LogP contribution in [-0.4, -0.2) is 0 Å². The number of hydrogen-bond acceptors (Lipinski definition) is 2. The van der Waals surface area contributed by atoms with E-state index in [1.165, 1.54) is 99.1 Å². The lowest BCUT2D eigenvalue weighted by atomic mass is 9.70. The summed E-state index contributed by atoms with van der Waals surface area (Å²) in [5, 5.41) is 11.8. The molecule has 0 unspecified atom stereocenters. The fraction of sp³-hybridized carbons (Fsp3) is 0.0149. The van der Waals surface area contributed by atoms with Gasteiger partial charge in [0.2, 0.25) is 0 Å². The number of hydrogen-bond donors (Lipinski definition) is 0. The molecule has 0 N–H and O–H groups in total. The lowest BCUT2D eigenvalue weighted by Crippen LogP contribution is -2.25. The van der Waals surface area contributed by atoms with Crippen LogP contribution in [0.1, 0.15) is 22.3 Å². The topological polar surface area (TPSA) is 26.3 Å². The minimum atomic E-state index is -0.500. The summed E-state index contributed by atoms with van der Waals surface area (Å²) in [6, 6.07) is 85.5. The van der Waals surface area contributed by atoms with Gasteiger partial charge in [0.05, 0.1) is 5.41 Å². The van der Waals surface area contributed by atoms with Gasteiger partial charge in [-0.05, 0) is 153 Å². The summed E-state index contributed by atoms with van der Waals surface area (Å²) in [5.41, 5.74) is 20.8. The Hall–Kier alpha value is -8.98. The van der Waals surface area contributed by atoms with E-state index in [0.29, 0.717) is 0 Å². The SMILES string of the molecule is c1ccc2c(c1)-c1ccccc1C21c2cccc(-c3c4cccc(-c5ccc6oc7ccccc7c6c5)c4cc4c(-c5ccc6oc7ccccc7c6c5)cccc34)c2-c2c1ccc1ccccc21. The van der Waals surface area contributed by atoms with Gasteiger partial charge in [0.1, 0.15) is 22.3 Å². The molecule has 0 amide bonds. The molecule has 12 aromatic carbocycles. The molecule has 2 aliphatic carbocycles. The molecule has 2 nitrogen and oxygen atoms in total. The van der Waals surface area contributed by atoms with E-state index in [4.69, 9.17) is 8.83 Å². The second-order valence-corrected chi connectivity index (χ2v) is 18.9. The van der Waals surface area contributed by atoms with Crippen LogP contribution in [0, 0.1) is 0 Å². The fourth-order valence-electron chi connectivity index (χ4n) is 12.9. The van der Waals surface area contributed by atoms with Crippen LogP contribution in [-0.2, 0) is 5.41 Å². The Morgan fingerprint density at radius 1 is 0.232 bits per heavy atom. The van der Waals surface area contributed by atoms with E-state index in [0.717, 1.165) is 55.0 Å². The van der Waals surface area contributed by atoms with E-state index in [9.17, 15) is 0 Å². The minimum absolute atomic E-state index is 0.500. The molecule has 0 radical (unpaired) electrons. The van der Waals surface area contributed by atoms with Crippen molar-refractivity contribution in [2.75, 3.05) is 0 Å². The van der Waals surface area contributed by atoms with Crippen LogP contribution in [0.25, 0.3) is 132 Å². The number of para-hydroxylation sites is 2. The van der Waals surface area contributed by atoms with Crippen molar-refractivity contribution in [3.05, 3.63) is 253 Å². The molecule has 2 aromatic heterocycles. The molecule has 2 heteroatoms. The van der Waals surface area contributed by atoms with Crippen LogP contribution in [0.5, 0.6) is 0 Å². The Labute approximate surface area is 396 Å². The molecule has 1 spiro atoms. The molecule has 2 heterocycles. The molecule has 14 aromatic rings. The van der Waals surface area contributed by atoms with Crippen molar-refractivity contribution in [1.29, 1.82) is 0 Å². The monoisotopic (exact) mass is 874 g/mol. The van der Waals surface area contributed by atoms with Crippen LogP contribution in [0.15, 0.2) is 239 Å². The van der Waals surface area contributed by atoms with Crippen molar-refractivity contribution >= 4 is 76.2 Å². The quantitative estimate of drug-likeness (QED) is 0.165. The third kappa shape index (κ3) is 4.84. The van der Waals surface area contributed by atoms with Gasteiger partial charge < -0.3 is 8.83 Å². The highest BCUT2D eigenvalue weighted by Crippen LogP contribution is 2.65. The van der Waals surface area contributed by atoms with E-state index < -0.39 is 5.41 Å². The zero-order chi connectivity index (χ0) is 45.0. The number of rotatable bonds is 3. The van der Waals surface area contributed by atoms with E-state index in [1.807, 2.05) is 12.1 Å². The molecule has 2 aliphatic rings. The summed E-state index contributed by atoms with van der Waals surface area (Å²) >= 11 is 0. The second kappa shape index (κ2) is 13.6. The maximum absolute atomic E-state index is 6.36. The van der Waals surface area contributed by atoms with E-state index >= 15 is 0 Å². The first kappa shape index (κ1) is 37.1. The molecular formula is C67H38O2. The lowest BCUT2D eigenvalue weighted by Gasteiger charge is -2.30. The molecular weight excluding hydrogens is 837 g/mol. The van der Waals surface area contributed by atoms with Crippen LogP contribution in [0.3, 0.4) is 0 Å². The van der Waals surface area contributed by atoms with Crippen LogP contribution < -0.4 is 0 Å². The summed E-state index contributed by atoms with van der Waals surface area (Å²) in [6.07, 6.45) is 0. The first-order valence-electron chi connectivity index (χ1n) is 23.9. The highest BCUT2D eigenvalue weighted by molar-refractivity contribution is 6.23. The first-order valence-corrected chi connectivity index (χ1v) is 23.9. The maximum atomic E-state index is 6.36. The molecule has 0 saturated carbocycles. The molecule has 0 bridgehead atoms. The Balaban J connectivity index is 1.05. The van der Waals surface area contributed by atoms with E-state index in [-0.39, 0.29) is 0 Å². The normalized spacial score (nSPS) is 13.3. The molecule has 0 fully saturated rings. The van der Waals surface area contributed by atoms with Crippen molar-refractivity contribution in [1.82, 2.24) is 0 Å². The maximum Gasteiger partial charge on any atom is 0.135 e. The average Bonchev–Trinajstić information content (AvgIpc) is 4.15. The zero-order valence-electron chi connectivity index (χ0n) is 37.3. The molecule has 69 heavy (non-hydrogen) atoms. The molecule has 0 aliphatic heterocycles. The smallest absolute Gasteiger partial charge is 0.135 e. The zero-order valence-corrected chi connectivity index (χ0v) is 37.3. The van der Waals surface area contributed by atoms with Gasteiger partial charge in [0, 0.05) is 21.5 Å². The van der Waals surface area contributed by atoms with E-state index in [1.54, 1.807) is 0 Å². The number of fused-ring (bicyclic) bond motifs is 20. The molecule has 318 valence electrons. The van der Waals surface area contributed by atoms with Crippen molar-refractivity contribution < 1.29 is 8.83 Å². The predicted octanol–water partition coefficient (Wildman–Crippen LogP) is 18.3. The third-order valence-corrected chi connectivity index (χ3v) is 15.7. The molecule has 16 rings (SSSR count).